The molecule has 1 aliphatic heterocycles. The first-order chi connectivity index (χ1) is 35.7. The van der Waals surface area contributed by atoms with Gasteiger partial charge in [-0.25, -0.2) is 4.79 Å². The van der Waals surface area contributed by atoms with Crippen LogP contribution in [0.5, 0.6) is 0 Å². The Bertz CT molecular complexity index is 2630. The smallest absolute Gasteiger partial charge is 0.407 e. The molecule has 8 N–H and O–H groups in total. The number of rotatable bonds is 28. The monoisotopic (exact) mass is 1070 g/mol. The quantitative estimate of drug-likeness (QED) is 0.00910. The van der Waals surface area contributed by atoms with Gasteiger partial charge in [0.05, 0.1) is 37.6 Å². The summed E-state index contributed by atoms with van der Waals surface area (Å²) in [6, 6.07) is 29.3. The number of carbonyl (C=O) groups is 6. The molecular formula is C53H68N9O9PS2. The Morgan fingerprint density at radius 2 is 1.24 bits per heavy atom. The van der Waals surface area contributed by atoms with Crippen LogP contribution in [0.15, 0.2) is 107 Å². The van der Waals surface area contributed by atoms with E-state index in [9.17, 15) is 33.7 Å². The maximum Gasteiger partial charge on any atom is 0.407 e. The molecule has 0 saturated carbocycles. The molecule has 4 aromatic carbocycles. The Kier molecular flexibility index (Phi) is 24.7. The minimum absolute atomic E-state index is 0.0524. The van der Waals surface area contributed by atoms with Gasteiger partial charge in [0.2, 0.25) is 29.5 Å². The molecule has 1 atom stereocenters. The first-order valence-corrected chi connectivity index (χ1v) is 28.6. The zero-order chi connectivity index (χ0) is 53.1. The molecule has 74 heavy (non-hydrogen) atoms. The number of carbonyl (C=O) groups excluding carboxylic acids is 6. The van der Waals surface area contributed by atoms with Crippen LogP contribution in [0.3, 0.4) is 0 Å². The standard InChI is InChI=1S/C53H68N9O9PS2/c1-72(69,74)71-32-14-3-2-12-31-56-53(68)70-36-38-22-26-41(27-23-38)59-48(65)34-58-47(64)20-10-11-21-50(67)62-35-40-15-6-7-16-43(40)52(61-54)51(44-17-8-9-18-45(44)62)55-30-13-4-5-19-46(63)57-33-49(66)60-42-28-24-39(37-73)25-29-42/h6-9,15-18,22-29,73H,2-5,10-14,19-21,30-37,54H2,1H3,(H,56,68)(H,57,63)(H,58,64)(H,59,65)(H,60,66)(H,69,74). The van der Waals surface area contributed by atoms with Crippen LogP contribution in [-0.4, -0.2) is 91.4 Å². The molecule has 1 heterocycles. The number of anilines is 3. The van der Waals surface area contributed by atoms with Crippen LogP contribution in [0, 0.1) is 0 Å². The molecule has 6 amide bonds. The summed E-state index contributed by atoms with van der Waals surface area (Å²) in [4.78, 5) is 92.7. The Balaban J connectivity index is 1.02. The number of nitrogens with one attached hydrogen (secondary N) is 5. The van der Waals surface area contributed by atoms with Crippen LogP contribution in [0.4, 0.5) is 21.9 Å². The van der Waals surface area contributed by atoms with Crippen molar-refractivity contribution in [2.24, 2.45) is 15.9 Å². The second-order valence-corrected chi connectivity index (χ2v) is 21.8. The number of aliphatic imine (C=N–C) groups is 1. The van der Waals surface area contributed by atoms with Crippen molar-refractivity contribution in [2.75, 3.05) is 55.0 Å². The molecule has 0 fully saturated rings. The van der Waals surface area contributed by atoms with Gasteiger partial charge in [0, 0.05) is 67.3 Å². The van der Waals surface area contributed by atoms with Crippen molar-refractivity contribution in [2.45, 2.75) is 96.0 Å². The maximum atomic E-state index is 14.1. The molecule has 0 radical (unpaired) electrons. The number of amides is 6. The van der Waals surface area contributed by atoms with Gasteiger partial charge in [-0.15, -0.1) is 0 Å². The molecule has 0 saturated heterocycles. The number of hydrazone groups is 1. The van der Waals surface area contributed by atoms with Gasteiger partial charge in [0.15, 0.2) is 6.49 Å². The number of nitrogens with zero attached hydrogens (tertiary/aromatic N) is 3. The van der Waals surface area contributed by atoms with Gasteiger partial charge >= 0.3 is 6.09 Å². The van der Waals surface area contributed by atoms with Crippen molar-refractivity contribution in [1.29, 1.82) is 0 Å². The van der Waals surface area contributed by atoms with Crippen LogP contribution < -0.4 is 37.3 Å². The molecular weight excluding hydrogens is 1000 g/mol. The van der Waals surface area contributed by atoms with E-state index in [0.717, 1.165) is 47.9 Å². The van der Waals surface area contributed by atoms with Gasteiger partial charge in [0.1, 0.15) is 12.3 Å². The summed E-state index contributed by atoms with van der Waals surface area (Å²) >= 11 is 9.09. The third-order valence-electron chi connectivity index (χ3n) is 11.7. The normalized spacial score (nSPS) is 13.9. The van der Waals surface area contributed by atoms with E-state index >= 15 is 0 Å². The highest BCUT2D eigenvalue weighted by atomic mass is 32.5. The third kappa shape index (κ3) is 20.8. The van der Waals surface area contributed by atoms with Crippen LogP contribution >= 0.6 is 19.1 Å². The van der Waals surface area contributed by atoms with Crippen molar-refractivity contribution in [3.8, 4) is 0 Å². The number of para-hydroxylation sites is 1. The largest absolute Gasteiger partial charge is 0.445 e. The van der Waals surface area contributed by atoms with Gasteiger partial charge < -0.3 is 51.5 Å². The molecule has 0 bridgehead atoms. The first-order valence-electron chi connectivity index (χ1n) is 24.8. The zero-order valence-electron chi connectivity index (χ0n) is 41.8. The molecule has 0 aliphatic carbocycles. The fourth-order valence-corrected chi connectivity index (χ4v) is 8.71. The molecule has 18 nitrogen and oxygen atoms in total. The number of nitrogens with two attached hydrogens (primary N) is 1. The Labute approximate surface area is 443 Å². The molecule has 1 aliphatic rings. The minimum Gasteiger partial charge on any atom is -0.445 e. The van der Waals surface area contributed by atoms with E-state index in [0.29, 0.717) is 91.6 Å². The van der Waals surface area contributed by atoms with E-state index in [1.54, 1.807) is 41.3 Å². The number of hydrogen-bond acceptors (Lipinski definition) is 13. The summed E-state index contributed by atoms with van der Waals surface area (Å²) in [7, 11) is 0. The lowest BCUT2D eigenvalue weighted by molar-refractivity contribution is -0.124. The van der Waals surface area contributed by atoms with Crippen LogP contribution in [-0.2, 0) is 63.9 Å². The predicted octanol–water partition coefficient (Wildman–Crippen LogP) is 7.48. The van der Waals surface area contributed by atoms with E-state index < -0.39 is 18.5 Å². The first kappa shape index (κ1) is 58.4. The average molecular weight is 1070 g/mol. The third-order valence-corrected chi connectivity index (χ3v) is 13.0. The molecule has 396 valence electrons. The zero-order valence-corrected chi connectivity index (χ0v) is 44.4. The fraction of sp³-hybridized carbons (Fsp3) is 0.396. The number of benzene rings is 4. The fourth-order valence-electron chi connectivity index (χ4n) is 7.81. The highest BCUT2D eigenvalue weighted by molar-refractivity contribution is 8.09. The van der Waals surface area contributed by atoms with E-state index in [1.807, 2.05) is 60.7 Å². The van der Waals surface area contributed by atoms with Gasteiger partial charge in [-0.05, 0) is 97.4 Å². The summed E-state index contributed by atoms with van der Waals surface area (Å²) in [6.45, 7) is 0.162. The Hall–Kier alpha value is -6.44. The Morgan fingerprint density at radius 3 is 1.88 bits per heavy atom. The number of ether oxygens (including phenoxy) is 1. The second-order valence-electron chi connectivity index (χ2n) is 17.6. The average Bonchev–Trinajstić information content (AvgIpc) is 3.38. The van der Waals surface area contributed by atoms with Gasteiger partial charge in [0.25, 0.3) is 0 Å². The second kappa shape index (κ2) is 31.3. The number of unbranched alkanes of at least 4 members (excludes halogenated alkanes) is 6. The van der Waals surface area contributed by atoms with E-state index in [2.05, 4.69) is 44.3 Å². The molecule has 1 unspecified atom stereocenters. The summed E-state index contributed by atoms with van der Waals surface area (Å²) < 4.78 is 10.5. The van der Waals surface area contributed by atoms with Crippen molar-refractivity contribution >= 4 is 95.0 Å². The van der Waals surface area contributed by atoms with Gasteiger partial charge in [-0.3, -0.25) is 29.0 Å². The number of thiol groups is 1. The van der Waals surface area contributed by atoms with Crippen LogP contribution in [0.2, 0.25) is 0 Å². The van der Waals surface area contributed by atoms with Crippen molar-refractivity contribution in [3.63, 3.8) is 0 Å². The van der Waals surface area contributed by atoms with Gasteiger partial charge in [-0.1, -0.05) is 86.0 Å². The van der Waals surface area contributed by atoms with Crippen LogP contribution in [0.25, 0.3) is 0 Å². The van der Waals surface area contributed by atoms with Crippen molar-refractivity contribution < 1.29 is 42.9 Å². The SMILES string of the molecule is CP(O)(=S)OCCCCCCNC(=O)OCc1ccc(NC(=O)CNC(=O)CCCCC(=O)N2Cc3ccccc3C(=NN)C(=NCCCCCC(=O)NCC(=O)Nc3ccc(CS)cc3)c3ccccc32)cc1. The number of fused-ring (bicyclic) bond motifs is 2. The summed E-state index contributed by atoms with van der Waals surface area (Å²) in [6.07, 6.45) is 6.20. The lowest BCUT2D eigenvalue weighted by atomic mass is 9.91. The number of hydrogen-bond donors (Lipinski definition) is 8. The van der Waals surface area contributed by atoms with E-state index in [1.165, 1.54) is 6.66 Å². The lowest BCUT2D eigenvalue weighted by Crippen LogP contribution is -2.36. The van der Waals surface area contributed by atoms with Gasteiger partial charge in [-0.2, -0.15) is 17.7 Å². The summed E-state index contributed by atoms with van der Waals surface area (Å²) in [5.74, 6) is 5.29. The number of alkyl carbamates (subject to hydrolysis) is 1. The Morgan fingerprint density at radius 1 is 0.676 bits per heavy atom. The summed E-state index contributed by atoms with van der Waals surface area (Å²) in [5.41, 5.74) is 6.91. The van der Waals surface area contributed by atoms with Crippen LogP contribution in [0.1, 0.15) is 105 Å². The summed E-state index contributed by atoms with van der Waals surface area (Å²) in [5, 5.41) is 17.8. The minimum atomic E-state index is -2.62. The molecule has 0 aromatic heterocycles. The van der Waals surface area contributed by atoms with E-state index in [-0.39, 0.29) is 69.1 Å². The lowest BCUT2D eigenvalue weighted by Gasteiger charge is -2.30. The molecule has 0 spiro atoms. The predicted molar refractivity (Wildman–Crippen MR) is 297 cm³/mol. The topological polar surface area (TPSA) is 255 Å². The highest BCUT2D eigenvalue weighted by Gasteiger charge is 2.29. The maximum absolute atomic E-state index is 14.1. The highest BCUT2D eigenvalue weighted by Crippen LogP contribution is 2.37. The van der Waals surface area contributed by atoms with Crippen molar-refractivity contribution in [1.82, 2.24) is 16.0 Å². The molecule has 4 aromatic rings. The van der Waals surface area contributed by atoms with E-state index in [4.69, 9.17) is 31.9 Å². The molecule has 5 rings (SSSR count). The molecule has 21 heteroatoms. The van der Waals surface area contributed by atoms with Crippen molar-refractivity contribution in [3.05, 3.63) is 125 Å².